The van der Waals surface area contributed by atoms with Crippen LogP contribution < -0.4 is 5.32 Å². The molecule has 4 aliphatic carbocycles. The molecule has 7 rings (SSSR count). The number of fused-ring (bicyclic) bond motifs is 1. The molecule has 1 aliphatic heterocycles. The average molecular weight is 485 g/mol. The van der Waals surface area contributed by atoms with E-state index in [0.717, 1.165) is 30.5 Å². The van der Waals surface area contributed by atoms with Crippen molar-refractivity contribution in [2.75, 3.05) is 11.9 Å². The van der Waals surface area contributed by atoms with Crippen molar-refractivity contribution >= 4 is 40.8 Å². The molecule has 4 bridgehead atoms. The third kappa shape index (κ3) is 3.62. The van der Waals surface area contributed by atoms with E-state index in [4.69, 9.17) is 23.2 Å². The Bertz CT molecular complexity index is 1100. The predicted molar refractivity (Wildman–Crippen MR) is 126 cm³/mol. The van der Waals surface area contributed by atoms with E-state index in [2.05, 4.69) is 15.3 Å². The van der Waals surface area contributed by atoms with Gasteiger partial charge < -0.3 is 10.2 Å². The highest BCUT2D eigenvalue weighted by atomic mass is 35.5. The summed E-state index contributed by atoms with van der Waals surface area (Å²) in [7, 11) is 0. The average Bonchev–Trinajstić information content (AvgIpc) is 2.78. The van der Waals surface area contributed by atoms with Gasteiger partial charge in [0.1, 0.15) is 12.1 Å². The maximum atomic E-state index is 13.5. The van der Waals surface area contributed by atoms with Gasteiger partial charge in [0, 0.05) is 12.1 Å². The molecule has 2 amide bonds. The first kappa shape index (κ1) is 21.4. The number of halogens is 2. The molecule has 0 spiro atoms. The number of hydrogen-bond acceptors (Lipinski definition) is 4. The van der Waals surface area contributed by atoms with E-state index in [1.54, 1.807) is 23.1 Å². The molecule has 172 valence electrons. The smallest absolute Gasteiger partial charge is 0.257 e. The van der Waals surface area contributed by atoms with Crippen molar-refractivity contribution in [1.82, 2.24) is 14.9 Å². The molecule has 0 radical (unpaired) electrons. The van der Waals surface area contributed by atoms with E-state index in [0.29, 0.717) is 58.7 Å². The normalized spacial score (nSPS) is 29.6. The summed E-state index contributed by atoms with van der Waals surface area (Å²) in [6, 6.07) is 5.05. The maximum absolute atomic E-state index is 13.5. The van der Waals surface area contributed by atoms with Crippen molar-refractivity contribution in [3.8, 4) is 0 Å². The molecule has 4 fully saturated rings. The lowest BCUT2D eigenvalue weighted by Gasteiger charge is -2.55. The lowest BCUT2D eigenvalue weighted by molar-refractivity contribution is -0.140. The number of nitrogens with one attached hydrogen (secondary N) is 1. The van der Waals surface area contributed by atoms with E-state index in [-0.39, 0.29) is 17.2 Å². The summed E-state index contributed by atoms with van der Waals surface area (Å²) in [6.07, 6.45) is 8.99. The molecule has 0 atom stereocenters. The van der Waals surface area contributed by atoms with E-state index >= 15 is 0 Å². The molecule has 2 aromatic rings. The molecule has 2 heterocycles. The molecule has 4 saturated carbocycles. The van der Waals surface area contributed by atoms with Crippen LogP contribution >= 0.6 is 23.2 Å². The minimum absolute atomic E-state index is 0.129. The van der Waals surface area contributed by atoms with Crippen LogP contribution in [0.4, 0.5) is 5.82 Å². The Balaban J connectivity index is 1.22. The van der Waals surface area contributed by atoms with Crippen molar-refractivity contribution < 1.29 is 9.59 Å². The van der Waals surface area contributed by atoms with Crippen LogP contribution in [0.3, 0.4) is 0 Å². The van der Waals surface area contributed by atoms with Crippen molar-refractivity contribution in [2.24, 2.45) is 23.2 Å². The lowest BCUT2D eigenvalue weighted by atomic mass is 9.49. The number of rotatable bonds is 3. The zero-order valence-electron chi connectivity index (χ0n) is 18.3. The fourth-order valence-corrected chi connectivity index (χ4v) is 7.68. The lowest BCUT2D eigenvalue weighted by Crippen LogP contribution is -2.52. The van der Waals surface area contributed by atoms with Crippen LogP contribution in [0.1, 0.15) is 60.1 Å². The second kappa shape index (κ2) is 7.95. The Kier molecular flexibility index (Phi) is 5.15. The first-order chi connectivity index (χ1) is 15.9. The third-order valence-corrected chi connectivity index (χ3v) is 8.85. The van der Waals surface area contributed by atoms with Gasteiger partial charge in [0.05, 0.1) is 33.3 Å². The third-order valence-electron chi connectivity index (χ3n) is 8.22. The van der Waals surface area contributed by atoms with Crippen LogP contribution in [-0.2, 0) is 17.8 Å². The Morgan fingerprint density at radius 1 is 1.00 bits per heavy atom. The molecule has 6 nitrogen and oxygen atoms in total. The zero-order valence-corrected chi connectivity index (χ0v) is 19.8. The minimum atomic E-state index is -0.232. The largest absolute Gasteiger partial charge is 0.332 e. The Morgan fingerprint density at radius 3 is 2.27 bits per heavy atom. The van der Waals surface area contributed by atoms with Gasteiger partial charge in [-0.05, 0) is 74.8 Å². The second-order valence-electron chi connectivity index (χ2n) is 10.4. The highest BCUT2D eigenvalue weighted by Crippen LogP contribution is 2.60. The van der Waals surface area contributed by atoms with Crippen LogP contribution in [0.25, 0.3) is 0 Å². The highest BCUT2D eigenvalue weighted by molar-refractivity contribution is 6.39. The van der Waals surface area contributed by atoms with Gasteiger partial charge in [-0.1, -0.05) is 29.3 Å². The van der Waals surface area contributed by atoms with Crippen molar-refractivity contribution in [3.05, 3.63) is 51.4 Å². The molecule has 0 saturated heterocycles. The van der Waals surface area contributed by atoms with Crippen LogP contribution in [-0.4, -0.2) is 33.2 Å². The number of anilines is 1. The molecular weight excluding hydrogens is 459 g/mol. The molecule has 1 N–H and O–H groups in total. The molecule has 5 aliphatic rings. The van der Waals surface area contributed by atoms with E-state index in [1.165, 1.54) is 25.6 Å². The van der Waals surface area contributed by atoms with Crippen LogP contribution in [0.2, 0.25) is 10.0 Å². The first-order valence-electron chi connectivity index (χ1n) is 11.8. The van der Waals surface area contributed by atoms with Gasteiger partial charge in [-0.15, -0.1) is 0 Å². The summed E-state index contributed by atoms with van der Waals surface area (Å²) in [5.41, 5.74) is 1.76. The summed E-state index contributed by atoms with van der Waals surface area (Å²) in [6.45, 7) is 0.819. The Labute approximate surface area is 203 Å². The number of carbonyl (C=O) groups excluding carboxylic acids is 2. The molecule has 1 aromatic heterocycles. The number of nitrogens with zero attached hydrogens (tertiary/aromatic N) is 3. The van der Waals surface area contributed by atoms with Crippen molar-refractivity contribution in [1.29, 1.82) is 0 Å². The van der Waals surface area contributed by atoms with Crippen LogP contribution in [0.15, 0.2) is 24.5 Å². The van der Waals surface area contributed by atoms with Gasteiger partial charge >= 0.3 is 0 Å². The van der Waals surface area contributed by atoms with Crippen LogP contribution in [0.5, 0.6) is 0 Å². The topological polar surface area (TPSA) is 75.2 Å². The van der Waals surface area contributed by atoms with Gasteiger partial charge in [-0.3, -0.25) is 9.59 Å². The Morgan fingerprint density at radius 2 is 1.64 bits per heavy atom. The molecule has 1 aromatic carbocycles. The van der Waals surface area contributed by atoms with Gasteiger partial charge in [-0.25, -0.2) is 9.97 Å². The second-order valence-corrected chi connectivity index (χ2v) is 11.2. The number of hydrogen-bond donors (Lipinski definition) is 1. The van der Waals surface area contributed by atoms with Crippen LogP contribution in [0, 0.1) is 23.2 Å². The highest BCUT2D eigenvalue weighted by Gasteiger charge is 2.54. The first-order valence-corrected chi connectivity index (χ1v) is 12.5. The Hall–Kier alpha value is -2.18. The zero-order chi connectivity index (χ0) is 22.7. The van der Waals surface area contributed by atoms with Gasteiger partial charge in [0.25, 0.3) is 5.91 Å². The molecule has 8 heteroatoms. The number of carbonyl (C=O) groups is 2. The summed E-state index contributed by atoms with van der Waals surface area (Å²) >= 11 is 12.5. The summed E-state index contributed by atoms with van der Waals surface area (Å²) in [5.74, 6) is 2.63. The number of benzene rings is 1. The molecule has 33 heavy (non-hydrogen) atoms. The van der Waals surface area contributed by atoms with E-state index in [9.17, 15) is 9.59 Å². The predicted octanol–water partition coefficient (Wildman–Crippen LogP) is 5.14. The molecular formula is C25H26Cl2N4O2. The number of amides is 2. The quantitative estimate of drug-likeness (QED) is 0.654. The van der Waals surface area contributed by atoms with E-state index in [1.807, 2.05) is 0 Å². The monoisotopic (exact) mass is 484 g/mol. The van der Waals surface area contributed by atoms with Gasteiger partial charge in [0.2, 0.25) is 5.91 Å². The summed E-state index contributed by atoms with van der Waals surface area (Å²) < 4.78 is 0. The van der Waals surface area contributed by atoms with Gasteiger partial charge in [0.15, 0.2) is 0 Å². The SMILES string of the molecule is O=C(c1c(Cl)cccc1Cl)N1CCc2c(ncnc2NC(=O)C23CC4CC(CC(C4)C2)C3)C1. The minimum Gasteiger partial charge on any atom is -0.332 e. The summed E-state index contributed by atoms with van der Waals surface area (Å²) in [4.78, 5) is 37.2. The fraction of sp³-hybridized carbons (Fsp3) is 0.520. The van der Waals surface area contributed by atoms with Crippen molar-refractivity contribution in [3.63, 3.8) is 0 Å². The maximum Gasteiger partial charge on any atom is 0.257 e. The standard InChI is InChI=1S/C25H26Cl2N4O2/c26-18-2-1-3-19(27)21(18)23(32)31-5-4-17-20(12-31)28-13-29-22(17)30-24(33)25-9-14-6-15(10-25)8-16(7-14)11-25/h1-3,13-16H,4-12H2,(H,28,29,30,33). The van der Waals surface area contributed by atoms with E-state index < -0.39 is 0 Å². The number of aromatic nitrogens is 2. The fourth-order valence-electron chi connectivity index (χ4n) is 7.12. The summed E-state index contributed by atoms with van der Waals surface area (Å²) in [5, 5.41) is 3.86. The van der Waals surface area contributed by atoms with Gasteiger partial charge in [-0.2, -0.15) is 0 Å². The van der Waals surface area contributed by atoms with Crippen molar-refractivity contribution in [2.45, 2.75) is 51.5 Å². The molecule has 0 unspecified atom stereocenters.